The second-order valence-corrected chi connectivity index (χ2v) is 12.5. The number of aromatic nitrogens is 4. The Hall–Kier alpha value is -6.72. The number of rotatable bonds is 8. The molecule has 0 saturated carbocycles. The molecule has 51 heavy (non-hydrogen) atoms. The van der Waals surface area contributed by atoms with Crippen molar-refractivity contribution in [2.75, 3.05) is 4.90 Å². The molecule has 2 heterocycles. The second kappa shape index (κ2) is 14.0. The van der Waals surface area contributed by atoms with E-state index < -0.39 is 0 Å². The van der Waals surface area contributed by atoms with E-state index in [1.54, 1.807) is 0 Å². The second-order valence-electron chi connectivity index (χ2n) is 12.5. The van der Waals surface area contributed by atoms with E-state index in [2.05, 4.69) is 117 Å². The van der Waals surface area contributed by atoms with Gasteiger partial charge in [-0.1, -0.05) is 152 Å². The van der Waals surface area contributed by atoms with Gasteiger partial charge in [0.25, 0.3) is 0 Å². The highest BCUT2D eigenvalue weighted by Gasteiger charge is 2.24. The summed E-state index contributed by atoms with van der Waals surface area (Å²) in [6.45, 7) is 4.30. The molecule has 6 aromatic carbocycles. The summed E-state index contributed by atoms with van der Waals surface area (Å²) in [6, 6.07) is 60.0. The van der Waals surface area contributed by atoms with Crippen LogP contribution in [-0.4, -0.2) is 19.9 Å². The fraction of sp³-hybridized carbons (Fsp3) is 0.0435. The number of hydrogen-bond donors (Lipinski definition) is 0. The minimum absolute atomic E-state index is 0.475. The van der Waals surface area contributed by atoms with Crippen molar-refractivity contribution in [1.82, 2.24) is 19.9 Å². The molecular formula is C46H35N5. The van der Waals surface area contributed by atoms with Crippen LogP contribution in [0.2, 0.25) is 0 Å². The van der Waals surface area contributed by atoms with Gasteiger partial charge in [-0.25, -0.2) is 24.8 Å². The molecule has 5 nitrogen and oxygen atoms in total. The van der Waals surface area contributed by atoms with E-state index in [0.717, 1.165) is 56.3 Å². The van der Waals surface area contributed by atoms with Crippen LogP contribution in [0.5, 0.6) is 0 Å². The van der Waals surface area contributed by atoms with Gasteiger partial charge in [-0.15, -0.1) is 0 Å². The maximum atomic E-state index is 5.25. The molecule has 0 aliphatic rings. The summed E-state index contributed by atoms with van der Waals surface area (Å²) in [5.41, 5.74) is 12.8. The molecule has 244 valence electrons. The van der Waals surface area contributed by atoms with Crippen LogP contribution in [0.15, 0.2) is 176 Å². The fourth-order valence-electron chi connectivity index (χ4n) is 6.38. The topological polar surface area (TPSA) is 54.8 Å². The van der Waals surface area contributed by atoms with Crippen molar-refractivity contribution in [3.05, 3.63) is 187 Å². The Morgan fingerprint density at radius 1 is 0.333 bits per heavy atom. The predicted molar refractivity (Wildman–Crippen MR) is 209 cm³/mol. The first-order valence-corrected chi connectivity index (χ1v) is 17.1. The zero-order valence-corrected chi connectivity index (χ0v) is 28.5. The summed E-state index contributed by atoms with van der Waals surface area (Å²) in [5.74, 6) is 0.949. The van der Waals surface area contributed by atoms with Crippen LogP contribution in [-0.2, 0) is 0 Å². The van der Waals surface area contributed by atoms with E-state index in [9.17, 15) is 0 Å². The van der Waals surface area contributed by atoms with Crippen LogP contribution in [0.1, 0.15) is 11.1 Å². The van der Waals surface area contributed by atoms with Gasteiger partial charge in [0.15, 0.2) is 0 Å². The minimum atomic E-state index is 0.475. The molecule has 2 aromatic heterocycles. The summed E-state index contributed by atoms with van der Waals surface area (Å²) >= 11 is 0. The fourth-order valence-corrected chi connectivity index (χ4v) is 6.38. The van der Waals surface area contributed by atoms with E-state index in [1.807, 2.05) is 77.7 Å². The number of anilines is 3. The summed E-state index contributed by atoms with van der Waals surface area (Å²) < 4.78 is 0. The first kappa shape index (κ1) is 31.5. The van der Waals surface area contributed by atoms with E-state index in [-0.39, 0.29) is 0 Å². The highest BCUT2D eigenvalue weighted by atomic mass is 15.3. The molecule has 0 spiro atoms. The lowest BCUT2D eigenvalue weighted by atomic mass is 9.96. The molecule has 0 aliphatic carbocycles. The maximum absolute atomic E-state index is 5.25. The highest BCUT2D eigenvalue weighted by molar-refractivity contribution is 5.80. The van der Waals surface area contributed by atoms with Crippen LogP contribution >= 0.6 is 0 Å². The molecule has 8 aromatic rings. The zero-order valence-electron chi connectivity index (χ0n) is 28.5. The Bertz CT molecular complexity index is 2190. The van der Waals surface area contributed by atoms with Gasteiger partial charge in [0.2, 0.25) is 11.9 Å². The van der Waals surface area contributed by atoms with E-state index in [1.165, 1.54) is 16.7 Å². The van der Waals surface area contributed by atoms with E-state index in [4.69, 9.17) is 19.9 Å². The van der Waals surface area contributed by atoms with Gasteiger partial charge in [0.1, 0.15) is 0 Å². The number of hydrogen-bond acceptors (Lipinski definition) is 5. The normalized spacial score (nSPS) is 10.9. The lowest BCUT2D eigenvalue weighted by Gasteiger charge is -2.24. The minimum Gasteiger partial charge on any atom is -0.247 e. The van der Waals surface area contributed by atoms with Gasteiger partial charge >= 0.3 is 0 Å². The van der Waals surface area contributed by atoms with Gasteiger partial charge in [0.05, 0.1) is 28.5 Å². The first-order valence-electron chi connectivity index (χ1n) is 17.1. The molecule has 0 N–H and O–H groups in total. The van der Waals surface area contributed by atoms with Crippen molar-refractivity contribution in [2.45, 2.75) is 13.8 Å². The maximum Gasteiger partial charge on any atom is 0.238 e. The predicted octanol–water partition coefficient (Wildman–Crippen LogP) is 11.7. The molecule has 0 radical (unpaired) electrons. The van der Waals surface area contributed by atoms with Crippen LogP contribution in [0, 0.1) is 13.8 Å². The number of aryl methyl sites for hydroxylation is 2. The lowest BCUT2D eigenvalue weighted by Crippen LogP contribution is -2.18. The zero-order chi connectivity index (χ0) is 34.6. The largest absolute Gasteiger partial charge is 0.247 e. The Kier molecular flexibility index (Phi) is 8.67. The third-order valence-electron chi connectivity index (χ3n) is 9.01. The van der Waals surface area contributed by atoms with Crippen molar-refractivity contribution >= 4 is 17.6 Å². The van der Waals surface area contributed by atoms with Gasteiger partial charge < -0.3 is 0 Å². The third-order valence-corrected chi connectivity index (χ3v) is 9.01. The molecule has 0 aliphatic heterocycles. The molecular weight excluding hydrogens is 623 g/mol. The standard InChI is InChI=1S/C46H35N5/c1-32-17-15-16-26-39(32)40-28-27-38(29-33(40)2)51(45-47-41(34-18-7-3-8-19-34)30-42(48-45)35-20-9-4-10-21-35)46-49-43(36-22-11-5-12-23-36)31-44(50-46)37-24-13-6-14-25-37/h3-31H,1-2H3. The SMILES string of the molecule is Cc1ccccc1-c1ccc(N(c2nc(-c3ccccc3)cc(-c3ccccc3)n2)c2nc(-c3ccccc3)cc(-c3ccccc3)n2)cc1C. The molecule has 0 fully saturated rings. The van der Waals surface area contributed by atoms with Crippen LogP contribution in [0.3, 0.4) is 0 Å². The summed E-state index contributed by atoms with van der Waals surface area (Å²) in [7, 11) is 0. The highest BCUT2D eigenvalue weighted by Crippen LogP contribution is 2.38. The van der Waals surface area contributed by atoms with Gasteiger partial charge in [0, 0.05) is 22.3 Å². The van der Waals surface area contributed by atoms with Gasteiger partial charge in [-0.05, 0) is 60.4 Å². The first-order chi connectivity index (χ1) is 25.1. The molecule has 5 heteroatoms. The molecule has 0 unspecified atom stereocenters. The van der Waals surface area contributed by atoms with E-state index in [0.29, 0.717) is 11.9 Å². The smallest absolute Gasteiger partial charge is 0.238 e. The van der Waals surface area contributed by atoms with Crippen LogP contribution < -0.4 is 4.90 Å². The Labute approximate surface area is 298 Å². The molecule has 0 amide bonds. The lowest BCUT2D eigenvalue weighted by molar-refractivity contribution is 1.02. The monoisotopic (exact) mass is 657 g/mol. The van der Waals surface area contributed by atoms with Crippen LogP contribution in [0.4, 0.5) is 17.6 Å². The third kappa shape index (κ3) is 6.65. The van der Waals surface area contributed by atoms with Crippen molar-refractivity contribution in [2.24, 2.45) is 0 Å². The summed E-state index contributed by atoms with van der Waals surface area (Å²) in [4.78, 5) is 23.0. The molecule has 0 bridgehead atoms. The van der Waals surface area contributed by atoms with Gasteiger partial charge in [-0.3, -0.25) is 0 Å². The molecule has 8 rings (SSSR count). The van der Waals surface area contributed by atoms with E-state index >= 15 is 0 Å². The quantitative estimate of drug-likeness (QED) is 0.163. The number of benzene rings is 6. The number of nitrogens with zero attached hydrogens (tertiary/aromatic N) is 5. The van der Waals surface area contributed by atoms with Crippen molar-refractivity contribution in [1.29, 1.82) is 0 Å². The Morgan fingerprint density at radius 2 is 0.686 bits per heavy atom. The van der Waals surface area contributed by atoms with Crippen molar-refractivity contribution < 1.29 is 0 Å². The summed E-state index contributed by atoms with van der Waals surface area (Å²) in [5, 5.41) is 0. The molecule has 0 saturated heterocycles. The van der Waals surface area contributed by atoms with Crippen LogP contribution in [0.25, 0.3) is 56.2 Å². The van der Waals surface area contributed by atoms with Gasteiger partial charge in [-0.2, -0.15) is 0 Å². The Morgan fingerprint density at radius 3 is 1.06 bits per heavy atom. The van der Waals surface area contributed by atoms with Crippen molar-refractivity contribution in [3.8, 4) is 56.2 Å². The van der Waals surface area contributed by atoms with Crippen molar-refractivity contribution in [3.63, 3.8) is 0 Å². The average Bonchev–Trinajstić information content (AvgIpc) is 3.20. The summed E-state index contributed by atoms with van der Waals surface area (Å²) in [6.07, 6.45) is 0. The molecule has 0 atom stereocenters. The average molecular weight is 658 g/mol. The Balaban J connectivity index is 1.40.